The summed E-state index contributed by atoms with van der Waals surface area (Å²) in [5, 5.41) is 9.09. The highest BCUT2D eigenvalue weighted by atomic mass is 35.5. The number of benzene rings is 1. The Balaban J connectivity index is 0.00000147. The molecule has 1 aromatic heterocycles. The average Bonchev–Trinajstić information content (AvgIpc) is 2.82. The normalized spacial score (nSPS) is 17.1. The van der Waals surface area contributed by atoms with Gasteiger partial charge in [0.05, 0.1) is 5.92 Å². The number of nitrogens with zero attached hydrogens (tertiary/aromatic N) is 2. The van der Waals surface area contributed by atoms with E-state index < -0.39 is 5.97 Å². The van der Waals surface area contributed by atoms with E-state index in [9.17, 15) is 4.79 Å². The first kappa shape index (κ1) is 14.6. The molecule has 1 atom stereocenters. The van der Waals surface area contributed by atoms with E-state index in [4.69, 9.17) is 5.11 Å². The Morgan fingerprint density at radius 3 is 2.70 bits per heavy atom. The van der Waals surface area contributed by atoms with Crippen LogP contribution in [0, 0.1) is 12.8 Å². The molecule has 0 radical (unpaired) electrons. The van der Waals surface area contributed by atoms with Crippen molar-refractivity contribution in [1.29, 1.82) is 0 Å². The van der Waals surface area contributed by atoms with Crippen LogP contribution in [0.3, 0.4) is 0 Å². The molecular formula is C15H17ClN2O2. The first-order valence-corrected chi connectivity index (χ1v) is 6.49. The molecule has 0 saturated carbocycles. The van der Waals surface area contributed by atoms with Crippen LogP contribution in [0.4, 0.5) is 0 Å². The van der Waals surface area contributed by atoms with Gasteiger partial charge in [0.1, 0.15) is 5.82 Å². The van der Waals surface area contributed by atoms with Crippen molar-refractivity contribution < 1.29 is 9.90 Å². The standard InChI is InChI=1S/C15H16N2O2.ClH/c1-10-2-4-11(5-3-10)14-16-9-13-8-12(15(18)19)6-7-17(13)14;/h2-5,9,12H,6-8H2,1H3,(H,18,19);1H. The number of hydrogen-bond acceptors (Lipinski definition) is 2. The molecule has 0 aliphatic carbocycles. The van der Waals surface area contributed by atoms with Crippen molar-refractivity contribution >= 4 is 18.4 Å². The van der Waals surface area contributed by atoms with Gasteiger partial charge in [-0.15, -0.1) is 12.4 Å². The molecule has 106 valence electrons. The zero-order chi connectivity index (χ0) is 13.4. The third-order valence-electron chi connectivity index (χ3n) is 3.75. The van der Waals surface area contributed by atoms with E-state index in [0.717, 1.165) is 23.6 Å². The highest BCUT2D eigenvalue weighted by Gasteiger charge is 2.26. The summed E-state index contributed by atoms with van der Waals surface area (Å²) in [5.41, 5.74) is 3.33. The second-order valence-corrected chi connectivity index (χ2v) is 5.12. The van der Waals surface area contributed by atoms with Crippen LogP contribution in [0.5, 0.6) is 0 Å². The van der Waals surface area contributed by atoms with Crippen molar-refractivity contribution in [2.45, 2.75) is 26.3 Å². The minimum Gasteiger partial charge on any atom is -0.481 e. The van der Waals surface area contributed by atoms with Gasteiger partial charge < -0.3 is 9.67 Å². The molecule has 1 unspecified atom stereocenters. The number of aryl methyl sites for hydroxylation is 1. The number of carbonyl (C=O) groups is 1. The van der Waals surface area contributed by atoms with E-state index in [1.54, 1.807) is 0 Å². The van der Waals surface area contributed by atoms with Gasteiger partial charge in [0, 0.05) is 30.4 Å². The van der Waals surface area contributed by atoms with Gasteiger partial charge >= 0.3 is 5.97 Å². The molecule has 2 heterocycles. The number of carboxylic acids is 1. The molecular weight excluding hydrogens is 276 g/mol. The third-order valence-corrected chi connectivity index (χ3v) is 3.75. The molecule has 1 aliphatic rings. The molecule has 4 nitrogen and oxygen atoms in total. The van der Waals surface area contributed by atoms with Crippen LogP contribution in [-0.2, 0) is 17.8 Å². The lowest BCUT2D eigenvalue weighted by Gasteiger charge is -2.22. The predicted molar refractivity (Wildman–Crippen MR) is 79.1 cm³/mol. The number of fused-ring (bicyclic) bond motifs is 1. The Labute approximate surface area is 123 Å². The zero-order valence-electron chi connectivity index (χ0n) is 11.2. The Morgan fingerprint density at radius 2 is 2.05 bits per heavy atom. The largest absolute Gasteiger partial charge is 0.481 e. The zero-order valence-corrected chi connectivity index (χ0v) is 12.1. The lowest BCUT2D eigenvalue weighted by molar-refractivity contribution is -0.142. The van der Waals surface area contributed by atoms with Crippen molar-refractivity contribution in [3.05, 3.63) is 41.7 Å². The first-order valence-electron chi connectivity index (χ1n) is 6.49. The Morgan fingerprint density at radius 1 is 1.35 bits per heavy atom. The number of carboxylic acid groups (broad SMARTS) is 1. The number of imidazole rings is 1. The summed E-state index contributed by atoms with van der Waals surface area (Å²) in [6.07, 6.45) is 3.07. The van der Waals surface area contributed by atoms with E-state index >= 15 is 0 Å². The summed E-state index contributed by atoms with van der Waals surface area (Å²) in [6, 6.07) is 8.27. The van der Waals surface area contributed by atoms with Crippen LogP contribution in [-0.4, -0.2) is 20.6 Å². The van der Waals surface area contributed by atoms with Gasteiger partial charge in [-0.05, 0) is 13.3 Å². The minimum atomic E-state index is -0.704. The van der Waals surface area contributed by atoms with E-state index in [0.29, 0.717) is 12.8 Å². The Bertz CT molecular complexity index is 619. The van der Waals surface area contributed by atoms with Gasteiger partial charge in [-0.2, -0.15) is 0 Å². The summed E-state index contributed by atoms with van der Waals surface area (Å²) in [7, 11) is 0. The predicted octanol–water partition coefficient (Wildman–Crippen LogP) is 2.93. The summed E-state index contributed by atoms with van der Waals surface area (Å²) in [4.78, 5) is 15.5. The maximum Gasteiger partial charge on any atom is 0.306 e. The summed E-state index contributed by atoms with van der Waals surface area (Å²) in [6.45, 7) is 2.79. The number of halogens is 1. The fourth-order valence-corrected chi connectivity index (χ4v) is 2.61. The molecule has 3 rings (SSSR count). The number of rotatable bonds is 2. The van der Waals surface area contributed by atoms with Gasteiger partial charge in [0.25, 0.3) is 0 Å². The van der Waals surface area contributed by atoms with Crippen molar-refractivity contribution in [3.63, 3.8) is 0 Å². The van der Waals surface area contributed by atoms with Gasteiger partial charge in [-0.3, -0.25) is 4.79 Å². The number of hydrogen-bond donors (Lipinski definition) is 1. The van der Waals surface area contributed by atoms with Crippen LogP contribution >= 0.6 is 12.4 Å². The van der Waals surface area contributed by atoms with Crippen LogP contribution < -0.4 is 0 Å². The maximum absolute atomic E-state index is 11.0. The quantitative estimate of drug-likeness (QED) is 0.926. The molecule has 0 fully saturated rings. The average molecular weight is 293 g/mol. The second kappa shape index (κ2) is 5.67. The molecule has 0 bridgehead atoms. The fraction of sp³-hybridized carbons (Fsp3) is 0.333. The third kappa shape index (κ3) is 2.56. The highest BCUT2D eigenvalue weighted by molar-refractivity contribution is 5.85. The molecule has 1 N–H and O–H groups in total. The Kier molecular flexibility index (Phi) is 4.14. The van der Waals surface area contributed by atoms with Crippen molar-refractivity contribution in [2.24, 2.45) is 5.92 Å². The monoisotopic (exact) mass is 292 g/mol. The van der Waals surface area contributed by atoms with Crippen molar-refractivity contribution in [1.82, 2.24) is 9.55 Å². The molecule has 0 spiro atoms. The molecule has 1 aromatic carbocycles. The van der Waals surface area contributed by atoms with E-state index in [2.05, 4.69) is 40.7 Å². The molecule has 5 heteroatoms. The molecule has 2 aromatic rings. The van der Waals surface area contributed by atoms with E-state index in [-0.39, 0.29) is 18.3 Å². The number of aromatic nitrogens is 2. The second-order valence-electron chi connectivity index (χ2n) is 5.12. The molecule has 0 amide bonds. The summed E-state index contributed by atoms with van der Waals surface area (Å²) in [5.74, 6) is -0.0294. The van der Waals surface area contributed by atoms with Crippen molar-refractivity contribution in [2.75, 3.05) is 0 Å². The van der Waals surface area contributed by atoms with Crippen LogP contribution in [0.1, 0.15) is 17.7 Å². The number of aliphatic carboxylic acids is 1. The summed E-state index contributed by atoms with van der Waals surface area (Å²) >= 11 is 0. The van der Waals surface area contributed by atoms with E-state index in [1.165, 1.54) is 5.56 Å². The van der Waals surface area contributed by atoms with Gasteiger partial charge in [0.15, 0.2) is 0 Å². The maximum atomic E-state index is 11.0. The van der Waals surface area contributed by atoms with Gasteiger partial charge in [-0.25, -0.2) is 4.98 Å². The van der Waals surface area contributed by atoms with Gasteiger partial charge in [-0.1, -0.05) is 29.8 Å². The topological polar surface area (TPSA) is 55.1 Å². The lowest BCUT2D eigenvalue weighted by atomic mass is 9.96. The molecule has 20 heavy (non-hydrogen) atoms. The molecule has 1 aliphatic heterocycles. The van der Waals surface area contributed by atoms with Crippen LogP contribution in [0.15, 0.2) is 30.5 Å². The fourth-order valence-electron chi connectivity index (χ4n) is 2.61. The SMILES string of the molecule is Cc1ccc(-c2ncc3n2CCC(C(=O)O)C3)cc1.Cl. The lowest BCUT2D eigenvalue weighted by Crippen LogP contribution is -2.25. The van der Waals surface area contributed by atoms with Crippen LogP contribution in [0.25, 0.3) is 11.4 Å². The van der Waals surface area contributed by atoms with Crippen LogP contribution in [0.2, 0.25) is 0 Å². The Hall–Kier alpha value is -1.81. The first-order chi connectivity index (χ1) is 9.15. The smallest absolute Gasteiger partial charge is 0.306 e. The molecule has 0 saturated heterocycles. The van der Waals surface area contributed by atoms with Crippen molar-refractivity contribution in [3.8, 4) is 11.4 Å². The minimum absolute atomic E-state index is 0. The highest BCUT2D eigenvalue weighted by Crippen LogP contribution is 2.27. The van der Waals surface area contributed by atoms with Gasteiger partial charge in [0.2, 0.25) is 0 Å². The van der Waals surface area contributed by atoms with E-state index in [1.807, 2.05) is 6.20 Å². The summed E-state index contributed by atoms with van der Waals surface area (Å²) < 4.78 is 2.14.